The summed E-state index contributed by atoms with van der Waals surface area (Å²) < 4.78 is 5.22. The summed E-state index contributed by atoms with van der Waals surface area (Å²) in [4.78, 5) is 16.9. The largest absolute Gasteiger partial charge is 0.467 e. The lowest BCUT2D eigenvalue weighted by atomic mass is 10.1. The number of carbonyl (C=O) groups is 1. The van der Waals surface area contributed by atoms with Gasteiger partial charge in [0.2, 0.25) is 0 Å². The monoisotopic (exact) mass is 356 g/mol. The molecule has 0 aliphatic rings. The van der Waals surface area contributed by atoms with Crippen molar-refractivity contribution in [2.24, 2.45) is 4.99 Å². The molecule has 0 aliphatic heterocycles. The van der Waals surface area contributed by atoms with Crippen LogP contribution in [0.15, 0.2) is 52.1 Å². The third kappa shape index (κ3) is 6.63. The lowest BCUT2D eigenvalue weighted by Crippen LogP contribution is -2.47. The van der Waals surface area contributed by atoms with Crippen LogP contribution in [0.4, 0.5) is 0 Å². The average molecular weight is 356 g/mol. The minimum absolute atomic E-state index is 0.0748. The fraction of sp³-hybridized carbons (Fsp3) is 0.400. The molecule has 26 heavy (non-hydrogen) atoms. The molecule has 0 unspecified atom stereocenters. The van der Waals surface area contributed by atoms with Crippen molar-refractivity contribution < 1.29 is 9.21 Å². The molecule has 0 radical (unpaired) electrons. The Labute approximate surface area is 155 Å². The van der Waals surface area contributed by atoms with Crippen molar-refractivity contribution in [3.8, 4) is 0 Å². The lowest BCUT2D eigenvalue weighted by Gasteiger charge is -2.23. The van der Waals surface area contributed by atoms with E-state index < -0.39 is 0 Å². The molecule has 6 heteroatoms. The van der Waals surface area contributed by atoms with E-state index in [4.69, 9.17) is 4.42 Å². The van der Waals surface area contributed by atoms with E-state index in [1.54, 1.807) is 18.4 Å². The molecule has 140 valence electrons. The van der Waals surface area contributed by atoms with Crippen LogP contribution in [0.5, 0.6) is 0 Å². The van der Waals surface area contributed by atoms with Gasteiger partial charge < -0.3 is 20.4 Å². The van der Waals surface area contributed by atoms with Crippen molar-refractivity contribution in [1.82, 2.24) is 16.0 Å². The minimum Gasteiger partial charge on any atom is -0.467 e. The summed E-state index contributed by atoms with van der Waals surface area (Å²) in [5.74, 6) is 1.35. The van der Waals surface area contributed by atoms with Gasteiger partial charge in [0.25, 0.3) is 5.91 Å². The highest BCUT2D eigenvalue weighted by Crippen LogP contribution is 2.08. The highest BCUT2D eigenvalue weighted by Gasteiger charge is 2.12. The van der Waals surface area contributed by atoms with Gasteiger partial charge in [0.05, 0.1) is 19.4 Å². The molecule has 0 saturated carbocycles. The Hall–Kier alpha value is -2.76. The van der Waals surface area contributed by atoms with E-state index in [2.05, 4.69) is 41.7 Å². The van der Waals surface area contributed by atoms with Gasteiger partial charge in [0.15, 0.2) is 5.96 Å². The Morgan fingerprint density at radius 2 is 1.96 bits per heavy atom. The molecule has 0 fully saturated rings. The van der Waals surface area contributed by atoms with Crippen molar-refractivity contribution in [2.45, 2.75) is 46.3 Å². The topological polar surface area (TPSA) is 78.7 Å². The van der Waals surface area contributed by atoms with E-state index in [1.807, 2.05) is 31.2 Å². The van der Waals surface area contributed by atoms with Crippen molar-refractivity contribution in [1.29, 1.82) is 0 Å². The third-order valence-electron chi connectivity index (χ3n) is 3.45. The van der Waals surface area contributed by atoms with Crippen LogP contribution < -0.4 is 16.0 Å². The number of hydrogen-bond donors (Lipinski definition) is 3. The number of carbonyl (C=O) groups excluding carboxylic acids is 1. The van der Waals surface area contributed by atoms with Crippen LogP contribution >= 0.6 is 0 Å². The highest BCUT2D eigenvalue weighted by molar-refractivity contribution is 5.94. The number of aliphatic imine (C=N–C) groups is 1. The number of benzene rings is 1. The number of hydrogen-bond acceptors (Lipinski definition) is 3. The van der Waals surface area contributed by atoms with Crippen LogP contribution in [-0.2, 0) is 13.1 Å². The van der Waals surface area contributed by atoms with Gasteiger partial charge in [-0.2, -0.15) is 0 Å². The normalized spacial score (nSPS) is 11.9. The Kier molecular flexibility index (Phi) is 6.83. The molecule has 2 aromatic rings. The number of rotatable bonds is 6. The smallest absolute Gasteiger partial charge is 0.251 e. The fourth-order valence-corrected chi connectivity index (χ4v) is 2.33. The second-order valence-corrected chi connectivity index (χ2v) is 7.03. The van der Waals surface area contributed by atoms with Crippen LogP contribution in [-0.4, -0.2) is 24.0 Å². The number of furan rings is 1. The molecule has 3 N–H and O–H groups in total. The zero-order valence-corrected chi connectivity index (χ0v) is 15.9. The fourth-order valence-electron chi connectivity index (χ4n) is 2.33. The standard InChI is InChI=1S/C20H28N4O2/c1-5-21-19(24-20(2,3)4)23-13-15-8-6-9-16(12-15)18(25)22-14-17-10-7-11-26-17/h6-12H,5,13-14H2,1-4H3,(H,22,25)(H2,21,23,24). The third-order valence-corrected chi connectivity index (χ3v) is 3.45. The molecular weight excluding hydrogens is 328 g/mol. The molecule has 2 rings (SSSR count). The van der Waals surface area contributed by atoms with Gasteiger partial charge in [-0.3, -0.25) is 4.79 Å². The van der Waals surface area contributed by atoms with Gasteiger partial charge >= 0.3 is 0 Å². The van der Waals surface area contributed by atoms with Gasteiger partial charge in [-0.05, 0) is 57.5 Å². The Morgan fingerprint density at radius 1 is 1.15 bits per heavy atom. The minimum atomic E-state index is -0.132. The van der Waals surface area contributed by atoms with Crippen LogP contribution in [0.2, 0.25) is 0 Å². The quantitative estimate of drug-likeness (QED) is 0.549. The van der Waals surface area contributed by atoms with Gasteiger partial charge in [-0.25, -0.2) is 4.99 Å². The maximum Gasteiger partial charge on any atom is 0.251 e. The number of nitrogens with one attached hydrogen (secondary N) is 3. The SMILES string of the molecule is CCNC(=NCc1cccc(C(=O)NCc2ccco2)c1)NC(C)(C)C. The molecule has 0 spiro atoms. The maximum absolute atomic E-state index is 12.3. The average Bonchev–Trinajstić information content (AvgIpc) is 3.10. The van der Waals surface area contributed by atoms with Crippen LogP contribution in [0.3, 0.4) is 0 Å². The van der Waals surface area contributed by atoms with Gasteiger partial charge in [0.1, 0.15) is 5.76 Å². The van der Waals surface area contributed by atoms with Crippen LogP contribution in [0.1, 0.15) is 49.4 Å². The summed E-state index contributed by atoms with van der Waals surface area (Å²) in [6, 6.07) is 11.1. The molecule has 1 heterocycles. The van der Waals surface area contributed by atoms with Crippen molar-refractivity contribution >= 4 is 11.9 Å². The van der Waals surface area contributed by atoms with Crippen molar-refractivity contribution in [3.05, 3.63) is 59.5 Å². The first-order valence-corrected chi connectivity index (χ1v) is 8.83. The van der Waals surface area contributed by atoms with E-state index in [0.717, 1.165) is 23.8 Å². The second kappa shape index (κ2) is 9.08. The summed E-state index contributed by atoms with van der Waals surface area (Å²) in [6.45, 7) is 9.94. The zero-order chi connectivity index (χ0) is 19.0. The summed E-state index contributed by atoms with van der Waals surface area (Å²) in [5, 5.41) is 9.43. The molecule has 6 nitrogen and oxygen atoms in total. The second-order valence-electron chi connectivity index (χ2n) is 7.03. The van der Waals surface area contributed by atoms with E-state index in [9.17, 15) is 4.79 Å². The molecule has 0 aliphatic carbocycles. The molecule has 1 aromatic carbocycles. The Balaban J connectivity index is 2.00. The molecule has 1 amide bonds. The van der Waals surface area contributed by atoms with E-state index in [1.165, 1.54) is 0 Å². The van der Waals surface area contributed by atoms with Gasteiger partial charge in [0, 0.05) is 17.6 Å². The Morgan fingerprint density at radius 3 is 2.62 bits per heavy atom. The van der Waals surface area contributed by atoms with Crippen molar-refractivity contribution in [2.75, 3.05) is 6.54 Å². The predicted molar refractivity (Wildman–Crippen MR) is 104 cm³/mol. The molecule has 0 saturated heterocycles. The molecule has 0 bridgehead atoms. The summed E-state index contributed by atoms with van der Waals surface area (Å²) >= 11 is 0. The first-order chi connectivity index (χ1) is 12.4. The zero-order valence-electron chi connectivity index (χ0n) is 15.9. The highest BCUT2D eigenvalue weighted by atomic mass is 16.3. The lowest BCUT2D eigenvalue weighted by molar-refractivity contribution is 0.0948. The summed E-state index contributed by atoms with van der Waals surface area (Å²) in [6.07, 6.45) is 1.59. The first-order valence-electron chi connectivity index (χ1n) is 8.83. The van der Waals surface area contributed by atoms with Crippen LogP contribution in [0.25, 0.3) is 0 Å². The Bertz CT molecular complexity index is 731. The van der Waals surface area contributed by atoms with E-state index in [-0.39, 0.29) is 11.4 Å². The summed E-state index contributed by atoms with van der Waals surface area (Å²) in [5.41, 5.74) is 1.51. The van der Waals surface area contributed by atoms with E-state index >= 15 is 0 Å². The maximum atomic E-state index is 12.3. The molecular formula is C20H28N4O2. The predicted octanol–water partition coefficient (Wildman–Crippen LogP) is 3.06. The summed E-state index contributed by atoms with van der Waals surface area (Å²) in [7, 11) is 0. The first kappa shape index (κ1) is 19.6. The van der Waals surface area contributed by atoms with Gasteiger partial charge in [-0.1, -0.05) is 12.1 Å². The number of guanidine groups is 1. The van der Waals surface area contributed by atoms with E-state index in [0.29, 0.717) is 18.7 Å². The van der Waals surface area contributed by atoms with Crippen molar-refractivity contribution in [3.63, 3.8) is 0 Å². The number of amides is 1. The molecule has 0 atom stereocenters. The van der Waals surface area contributed by atoms with Gasteiger partial charge in [-0.15, -0.1) is 0 Å². The number of nitrogens with zero attached hydrogens (tertiary/aromatic N) is 1. The molecule has 1 aromatic heterocycles. The van der Waals surface area contributed by atoms with Crippen LogP contribution in [0, 0.1) is 0 Å².